The zero-order valence-corrected chi connectivity index (χ0v) is 12.4. The number of carbonyl (C=O) groups excluding carboxylic acids is 1. The van der Waals surface area contributed by atoms with Gasteiger partial charge in [-0.15, -0.1) is 0 Å². The Balaban J connectivity index is 2.20. The van der Waals surface area contributed by atoms with Gasteiger partial charge in [-0.05, 0) is 26.4 Å². The molecule has 0 aromatic rings. The number of hydrogen-bond donors (Lipinski definition) is 3. The quantitative estimate of drug-likeness (QED) is 0.564. The highest BCUT2D eigenvalue weighted by atomic mass is 16.4. The molecule has 0 aliphatic carbocycles. The summed E-state index contributed by atoms with van der Waals surface area (Å²) >= 11 is 0. The Morgan fingerprint density at radius 2 is 1.85 bits per heavy atom. The first-order valence-corrected chi connectivity index (χ1v) is 7.26. The summed E-state index contributed by atoms with van der Waals surface area (Å²) in [5.41, 5.74) is 0. The highest BCUT2D eigenvalue weighted by molar-refractivity contribution is 5.74. The van der Waals surface area contributed by atoms with E-state index in [4.69, 9.17) is 5.11 Å². The van der Waals surface area contributed by atoms with E-state index >= 15 is 0 Å². The molecule has 1 saturated heterocycles. The van der Waals surface area contributed by atoms with Crippen LogP contribution in [0.15, 0.2) is 0 Å². The van der Waals surface area contributed by atoms with E-state index in [0.717, 1.165) is 19.5 Å². The molecule has 2 amide bonds. The van der Waals surface area contributed by atoms with Gasteiger partial charge in [0.25, 0.3) is 0 Å². The maximum Gasteiger partial charge on any atom is 0.320 e. The van der Waals surface area contributed by atoms with Gasteiger partial charge >= 0.3 is 12.0 Å². The maximum absolute atomic E-state index is 11.9. The lowest BCUT2D eigenvalue weighted by Crippen LogP contribution is -2.55. The van der Waals surface area contributed by atoms with Crippen molar-refractivity contribution in [2.75, 3.05) is 45.8 Å². The molecule has 1 rings (SSSR count). The number of carbonyl (C=O) groups is 2. The molecular formula is C13H26N4O3. The highest BCUT2D eigenvalue weighted by Crippen LogP contribution is 2.06. The van der Waals surface area contributed by atoms with E-state index in [1.165, 1.54) is 0 Å². The van der Waals surface area contributed by atoms with Gasteiger partial charge in [0.1, 0.15) is 6.04 Å². The average Bonchev–Trinajstić information content (AvgIpc) is 2.46. The zero-order valence-electron chi connectivity index (χ0n) is 12.4. The summed E-state index contributed by atoms with van der Waals surface area (Å²) in [6.07, 6.45) is 0.912. The summed E-state index contributed by atoms with van der Waals surface area (Å²) in [7, 11) is 0. The maximum atomic E-state index is 11.9. The minimum absolute atomic E-state index is 0.0517. The van der Waals surface area contributed by atoms with E-state index in [1.807, 2.05) is 4.90 Å². The fraction of sp³-hybridized carbons (Fsp3) is 0.846. The molecule has 0 spiro atoms. The minimum Gasteiger partial charge on any atom is -0.480 e. The number of urea groups is 1. The minimum atomic E-state index is -0.814. The Morgan fingerprint density at radius 3 is 2.40 bits per heavy atom. The predicted octanol–water partition coefficient (Wildman–Crippen LogP) is -0.214. The molecule has 1 heterocycles. The molecule has 1 atom stereocenters. The van der Waals surface area contributed by atoms with Gasteiger partial charge in [-0.2, -0.15) is 0 Å². The lowest BCUT2D eigenvalue weighted by molar-refractivity contribution is -0.143. The molecule has 1 unspecified atom stereocenters. The van der Waals surface area contributed by atoms with Crippen LogP contribution in [0.5, 0.6) is 0 Å². The van der Waals surface area contributed by atoms with E-state index in [1.54, 1.807) is 11.8 Å². The lowest BCUT2D eigenvalue weighted by atomic mass is 10.2. The highest BCUT2D eigenvalue weighted by Gasteiger charge is 2.26. The Kier molecular flexibility index (Phi) is 7.32. The van der Waals surface area contributed by atoms with Crippen LogP contribution in [-0.2, 0) is 4.79 Å². The number of rotatable bonds is 7. The van der Waals surface area contributed by atoms with E-state index in [9.17, 15) is 9.59 Å². The molecule has 0 aromatic heterocycles. The summed E-state index contributed by atoms with van der Waals surface area (Å²) in [6.45, 7) is 8.62. The van der Waals surface area contributed by atoms with Crippen molar-refractivity contribution in [1.29, 1.82) is 0 Å². The third-order valence-electron chi connectivity index (χ3n) is 3.56. The van der Waals surface area contributed by atoms with Crippen LogP contribution in [-0.4, -0.2) is 78.8 Å². The number of carboxylic acids is 1. The van der Waals surface area contributed by atoms with E-state index in [2.05, 4.69) is 17.6 Å². The lowest BCUT2D eigenvalue weighted by Gasteiger charge is -2.36. The first kappa shape index (κ1) is 16.7. The third kappa shape index (κ3) is 5.34. The monoisotopic (exact) mass is 286 g/mol. The van der Waals surface area contributed by atoms with Crippen molar-refractivity contribution in [3.63, 3.8) is 0 Å². The van der Waals surface area contributed by atoms with Crippen LogP contribution in [0.25, 0.3) is 0 Å². The second-order valence-electron chi connectivity index (χ2n) is 4.98. The normalized spacial score (nSPS) is 17.8. The number of nitrogens with one attached hydrogen (secondary N) is 2. The molecule has 7 nitrogen and oxygen atoms in total. The van der Waals surface area contributed by atoms with Crippen LogP contribution >= 0.6 is 0 Å². The Morgan fingerprint density at radius 1 is 1.20 bits per heavy atom. The molecule has 0 aromatic carbocycles. The molecule has 3 N–H and O–H groups in total. The van der Waals surface area contributed by atoms with Gasteiger partial charge < -0.3 is 20.6 Å². The molecule has 7 heteroatoms. The number of piperazine rings is 1. The Labute approximate surface area is 120 Å². The van der Waals surface area contributed by atoms with Crippen molar-refractivity contribution >= 4 is 12.0 Å². The van der Waals surface area contributed by atoms with E-state index < -0.39 is 12.0 Å². The first-order chi connectivity index (χ1) is 9.56. The average molecular weight is 286 g/mol. The molecule has 116 valence electrons. The van der Waals surface area contributed by atoms with Crippen molar-refractivity contribution in [1.82, 2.24) is 20.4 Å². The first-order valence-electron chi connectivity index (χ1n) is 7.26. The molecule has 0 saturated carbocycles. The SMILES string of the molecule is CCNCCCNC(=O)N1CCN(C(C)C(=O)O)CC1. The van der Waals surface area contributed by atoms with Crippen LogP contribution in [0.4, 0.5) is 4.79 Å². The van der Waals surface area contributed by atoms with Gasteiger partial charge in [-0.3, -0.25) is 9.69 Å². The van der Waals surface area contributed by atoms with Crippen LogP contribution in [0.2, 0.25) is 0 Å². The van der Waals surface area contributed by atoms with Gasteiger partial charge in [0, 0.05) is 32.7 Å². The van der Waals surface area contributed by atoms with Gasteiger partial charge in [-0.1, -0.05) is 6.92 Å². The second-order valence-corrected chi connectivity index (χ2v) is 4.98. The molecule has 1 aliphatic rings. The zero-order chi connectivity index (χ0) is 15.0. The number of nitrogens with zero attached hydrogens (tertiary/aromatic N) is 2. The molecular weight excluding hydrogens is 260 g/mol. The van der Waals surface area contributed by atoms with E-state index in [-0.39, 0.29) is 6.03 Å². The second kappa shape index (κ2) is 8.76. The van der Waals surface area contributed by atoms with Crippen molar-refractivity contribution in [2.45, 2.75) is 26.3 Å². The van der Waals surface area contributed by atoms with E-state index in [0.29, 0.717) is 32.7 Å². The molecule has 1 aliphatic heterocycles. The third-order valence-corrected chi connectivity index (χ3v) is 3.56. The fourth-order valence-electron chi connectivity index (χ4n) is 2.17. The van der Waals surface area contributed by atoms with Crippen molar-refractivity contribution in [2.24, 2.45) is 0 Å². The summed E-state index contributed by atoms with van der Waals surface area (Å²) in [5.74, 6) is -0.814. The number of aliphatic carboxylic acids is 1. The topological polar surface area (TPSA) is 84.9 Å². The smallest absolute Gasteiger partial charge is 0.320 e. The Bertz CT molecular complexity index is 317. The summed E-state index contributed by atoms with van der Waals surface area (Å²) < 4.78 is 0. The number of carboxylic acid groups (broad SMARTS) is 1. The predicted molar refractivity (Wildman–Crippen MR) is 76.8 cm³/mol. The standard InChI is InChI=1S/C13H26N4O3/c1-3-14-5-4-6-15-13(20)17-9-7-16(8-10-17)11(2)12(18)19/h11,14H,3-10H2,1-2H3,(H,15,20)(H,18,19). The number of amides is 2. The number of hydrogen-bond acceptors (Lipinski definition) is 4. The van der Waals surface area contributed by atoms with Gasteiger partial charge in [0.15, 0.2) is 0 Å². The summed E-state index contributed by atoms with van der Waals surface area (Å²) in [6, 6.07) is -0.538. The van der Waals surface area contributed by atoms with Crippen LogP contribution in [0.1, 0.15) is 20.3 Å². The molecule has 20 heavy (non-hydrogen) atoms. The van der Waals surface area contributed by atoms with Crippen LogP contribution in [0, 0.1) is 0 Å². The van der Waals surface area contributed by atoms with Gasteiger partial charge in [-0.25, -0.2) is 4.79 Å². The summed E-state index contributed by atoms with van der Waals surface area (Å²) in [4.78, 5) is 26.4. The van der Waals surface area contributed by atoms with Crippen molar-refractivity contribution < 1.29 is 14.7 Å². The largest absolute Gasteiger partial charge is 0.480 e. The van der Waals surface area contributed by atoms with Crippen molar-refractivity contribution in [3.8, 4) is 0 Å². The molecule has 0 bridgehead atoms. The fourth-order valence-corrected chi connectivity index (χ4v) is 2.17. The van der Waals surface area contributed by atoms with Crippen molar-refractivity contribution in [3.05, 3.63) is 0 Å². The van der Waals surface area contributed by atoms with Gasteiger partial charge in [0.05, 0.1) is 0 Å². The Hall–Kier alpha value is -1.34. The summed E-state index contributed by atoms with van der Waals surface area (Å²) in [5, 5.41) is 15.0. The van der Waals surface area contributed by atoms with Crippen LogP contribution in [0.3, 0.4) is 0 Å². The molecule has 1 fully saturated rings. The van der Waals surface area contributed by atoms with Crippen LogP contribution < -0.4 is 10.6 Å². The van der Waals surface area contributed by atoms with Gasteiger partial charge in [0.2, 0.25) is 0 Å². The molecule has 0 radical (unpaired) electrons.